The van der Waals surface area contributed by atoms with Gasteiger partial charge < -0.3 is 14.2 Å². The van der Waals surface area contributed by atoms with Crippen molar-refractivity contribution in [3.63, 3.8) is 0 Å². The lowest BCUT2D eigenvalue weighted by Crippen LogP contribution is -2.24. The second kappa shape index (κ2) is 8.08. The van der Waals surface area contributed by atoms with Crippen molar-refractivity contribution in [2.75, 3.05) is 21.3 Å². The van der Waals surface area contributed by atoms with Crippen LogP contribution in [0, 0.1) is 0 Å². The van der Waals surface area contributed by atoms with Crippen molar-refractivity contribution in [2.45, 2.75) is 33.5 Å². The number of hydrogen-bond acceptors (Lipinski definition) is 3. The average molecular weight is 190 g/mol. The molecule has 0 saturated carbocycles. The molecule has 0 heterocycles. The molecule has 0 rings (SSSR count). The molecule has 0 aliphatic heterocycles. The molecule has 0 aromatic heterocycles. The van der Waals surface area contributed by atoms with Crippen LogP contribution in [0.1, 0.15) is 27.7 Å². The van der Waals surface area contributed by atoms with Gasteiger partial charge in [0.2, 0.25) is 0 Å². The van der Waals surface area contributed by atoms with Gasteiger partial charge in [0.05, 0.1) is 12.9 Å². The van der Waals surface area contributed by atoms with Crippen LogP contribution in [0.15, 0.2) is 11.8 Å². The van der Waals surface area contributed by atoms with Crippen molar-refractivity contribution in [3.05, 3.63) is 11.8 Å². The van der Waals surface area contributed by atoms with Crippen molar-refractivity contribution in [3.8, 4) is 0 Å². The first kappa shape index (κ1) is 15.0. The zero-order valence-electron chi connectivity index (χ0n) is 9.80. The van der Waals surface area contributed by atoms with Crippen LogP contribution in [-0.2, 0) is 14.2 Å². The number of methoxy groups -OCH3 is 3. The maximum atomic E-state index is 4.86. The summed E-state index contributed by atoms with van der Waals surface area (Å²) < 4.78 is 14.5. The maximum absolute atomic E-state index is 4.86. The van der Waals surface area contributed by atoms with Crippen LogP contribution in [-0.4, -0.2) is 27.1 Å². The van der Waals surface area contributed by atoms with Crippen LogP contribution in [0.5, 0.6) is 0 Å². The van der Waals surface area contributed by atoms with Gasteiger partial charge in [-0.15, -0.1) is 0 Å². The quantitative estimate of drug-likeness (QED) is 0.505. The Hall–Kier alpha value is -0.540. The number of ether oxygens (including phenoxy) is 3. The molecule has 0 fully saturated rings. The van der Waals surface area contributed by atoms with E-state index in [9.17, 15) is 0 Å². The predicted molar refractivity (Wildman–Crippen MR) is 54.5 cm³/mol. The summed E-state index contributed by atoms with van der Waals surface area (Å²) in [7, 11) is 4.89. The second-order valence-corrected chi connectivity index (χ2v) is 2.91. The van der Waals surface area contributed by atoms with Crippen molar-refractivity contribution >= 4 is 0 Å². The Kier molecular flexibility index (Phi) is 9.29. The topological polar surface area (TPSA) is 27.7 Å². The lowest BCUT2D eigenvalue weighted by Gasteiger charge is -2.19. The molecule has 0 unspecified atom stereocenters. The van der Waals surface area contributed by atoms with E-state index in [0.29, 0.717) is 0 Å². The van der Waals surface area contributed by atoms with Crippen LogP contribution in [0.4, 0.5) is 0 Å². The Morgan fingerprint density at radius 1 is 1.08 bits per heavy atom. The smallest absolute Gasteiger partial charge is 0.161 e. The standard InChI is InChI=1S/C5H12O2.C5H10O/c1-5(2,6-3)7-4;1-4-5(2)6-3/h1-4H3;4H,1-3H3/b;5-4+. The minimum Gasteiger partial charge on any atom is -0.502 e. The predicted octanol–water partition coefficient (Wildman–Crippen LogP) is 2.57. The van der Waals surface area contributed by atoms with Gasteiger partial charge in [0.25, 0.3) is 0 Å². The molecule has 80 valence electrons. The second-order valence-electron chi connectivity index (χ2n) is 2.91. The van der Waals surface area contributed by atoms with Gasteiger partial charge in [-0.3, -0.25) is 0 Å². The third-order valence-electron chi connectivity index (χ3n) is 1.71. The van der Waals surface area contributed by atoms with Gasteiger partial charge in [0.15, 0.2) is 5.79 Å². The Bertz CT molecular complexity index is 133. The fourth-order valence-corrected chi connectivity index (χ4v) is 0.201. The number of hydrogen-bond donors (Lipinski definition) is 0. The fraction of sp³-hybridized carbons (Fsp3) is 0.800. The Morgan fingerprint density at radius 3 is 1.46 bits per heavy atom. The zero-order valence-corrected chi connectivity index (χ0v) is 9.80. The van der Waals surface area contributed by atoms with E-state index in [4.69, 9.17) is 14.2 Å². The minimum absolute atomic E-state index is 0.417. The number of rotatable bonds is 3. The molecular formula is C10H22O3. The summed E-state index contributed by atoms with van der Waals surface area (Å²) in [6.07, 6.45) is 1.92. The van der Waals surface area contributed by atoms with E-state index in [1.807, 2.05) is 33.8 Å². The molecule has 0 aliphatic carbocycles. The molecule has 3 nitrogen and oxygen atoms in total. The lowest BCUT2D eigenvalue weighted by molar-refractivity contribution is -0.178. The third-order valence-corrected chi connectivity index (χ3v) is 1.71. The summed E-state index contributed by atoms with van der Waals surface area (Å²) in [4.78, 5) is 0. The first-order valence-corrected chi connectivity index (χ1v) is 4.20. The minimum atomic E-state index is -0.417. The molecular weight excluding hydrogens is 168 g/mol. The zero-order chi connectivity index (χ0) is 10.9. The Labute approximate surface area is 81.7 Å². The van der Waals surface area contributed by atoms with E-state index in [0.717, 1.165) is 5.76 Å². The monoisotopic (exact) mass is 190 g/mol. The first-order chi connectivity index (χ1) is 5.93. The van der Waals surface area contributed by atoms with Crippen molar-refractivity contribution in [1.82, 2.24) is 0 Å². The van der Waals surface area contributed by atoms with Gasteiger partial charge in [0.1, 0.15) is 0 Å². The van der Waals surface area contributed by atoms with Crippen LogP contribution >= 0.6 is 0 Å². The molecule has 0 aromatic carbocycles. The average Bonchev–Trinajstić information content (AvgIpc) is 2.17. The summed E-state index contributed by atoms with van der Waals surface area (Å²) >= 11 is 0. The van der Waals surface area contributed by atoms with Gasteiger partial charge in [-0.1, -0.05) is 6.08 Å². The Morgan fingerprint density at radius 2 is 1.46 bits per heavy atom. The highest BCUT2D eigenvalue weighted by atomic mass is 16.7. The summed E-state index contributed by atoms with van der Waals surface area (Å²) in [5.74, 6) is 0.551. The summed E-state index contributed by atoms with van der Waals surface area (Å²) in [6.45, 7) is 7.57. The largest absolute Gasteiger partial charge is 0.502 e. The van der Waals surface area contributed by atoms with Crippen molar-refractivity contribution in [2.24, 2.45) is 0 Å². The summed E-state index contributed by atoms with van der Waals surface area (Å²) in [5, 5.41) is 0. The lowest BCUT2D eigenvalue weighted by atomic mass is 10.4. The van der Waals surface area contributed by atoms with E-state index < -0.39 is 5.79 Å². The molecule has 0 saturated heterocycles. The highest BCUT2D eigenvalue weighted by Gasteiger charge is 2.11. The molecule has 0 atom stereocenters. The molecule has 13 heavy (non-hydrogen) atoms. The summed E-state index contributed by atoms with van der Waals surface area (Å²) in [5.41, 5.74) is 0. The highest BCUT2D eigenvalue weighted by molar-refractivity contribution is 4.82. The van der Waals surface area contributed by atoms with Crippen molar-refractivity contribution in [1.29, 1.82) is 0 Å². The molecule has 0 amide bonds. The molecule has 3 heteroatoms. The van der Waals surface area contributed by atoms with E-state index in [1.165, 1.54) is 0 Å². The first-order valence-electron chi connectivity index (χ1n) is 4.20. The normalized spacial score (nSPS) is 11.8. The third kappa shape index (κ3) is 11.5. The summed E-state index contributed by atoms with van der Waals surface area (Å²) in [6, 6.07) is 0. The van der Waals surface area contributed by atoms with Gasteiger partial charge in [-0.05, 0) is 27.7 Å². The van der Waals surface area contributed by atoms with Gasteiger partial charge in [-0.2, -0.15) is 0 Å². The van der Waals surface area contributed by atoms with Gasteiger partial charge in [0, 0.05) is 14.2 Å². The van der Waals surface area contributed by atoms with Crippen LogP contribution in [0.25, 0.3) is 0 Å². The van der Waals surface area contributed by atoms with E-state index in [2.05, 4.69) is 0 Å². The molecule has 0 spiro atoms. The maximum Gasteiger partial charge on any atom is 0.161 e. The molecule has 0 aromatic rings. The number of allylic oxidation sites excluding steroid dienone is 2. The van der Waals surface area contributed by atoms with Crippen LogP contribution < -0.4 is 0 Å². The van der Waals surface area contributed by atoms with E-state index >= 15 is 0 Å². The highest BCUT2D eigenvalue weighted by Crippen LogP contribution is 2.05. The van der Waals surface area contributed by atoms with Gasteiger partial charge >= 0.3 is 0 Å². The van der Waals surface area contributed by atoms with E-state index in [-0.39, 0.29) is 0 Å². The molecule has 0 radical (unpaired) electrons. The Balaban J connectivity index is 0. The van der Waals surface area contributed by atoms with Crippen molar-refractivity contribution < 1.29 is 14.2 Å². The van der Waals surface area contributed by atoms with E-state index in [1.54, 1.807) is 21.3 Å². The molecule has 0 aliphatic rings. The van der Waals surface area contributed by atoms with Gasteiger partial charge in [-0.25, -0.2) is 0 Å². The fourth-order valence-electron chi connectivity index (χ4n) is 0.201. The molecule has 0 N–H and O–H groups in total. The SMILES string of the molecule is C/C=C(\C)OC.COC(C)(C)OC. The molecule has 0 bridgehead atoms. The van der Waals surface area contributed by atoms with Crippen LogP contribution in [0.2, 0.25) is 0 Å². The van der Waals surface area contributed by atoms with Crippen LogP contribution in [0.3, 0.4) is 0 Å².